The lowest BCUT2D eigenvalue weighted by Crippen LogP contribution is -2.20. The van der Waals surface area contributed by atoms with Crippen LogP contribution < -0.4 is 10.1 Å². The molecule has 1 heterocycles. The first-order chi connectivity index (χ1) is 7.13. The minimum atomic E-state index is 0.0815. The van der Waals surface area contributed by atoms with Gasteiger partial charge in [0.1, 0.15) is 5.82 Å². The van der Waals surface area contributed by atoms with Crippen LogP contribution in [0.25, 0.3) is 0 Å². The topological polar surface area (TPSA) is 47.0 Å². The lowest BCUT2D eigenvalue weighted by atomic mass is 10.1. The van der Waals surface area contributed by atoms with Crippen molar-refractivity contribution in [3.05, 3.63) is 12.4 Å². The molecular weight excluding hydrogens is 214 g/mol. The Kier molecular flexibility index (Phi) is 4.62. The molecule has 0 aliphatic carbocycles. The first-order valence-corrected chi connectivity index (χ1v) is 5.31. The van der Waals surface area contributed by atoms with Crippen LogP contribution in [0.5, 0.6) is 5.88 Å². The summed E-state index contributed by atoms with van der Waals surface area (Å²) in [6.45, 7) is 4.83. The summed E-state index contributed by atoms with van der Waals surface area (Å²) in [4.78, 5) is 8.15. The van der Waals surface area contributed by atoms with Gasteiger partial charge in [-0.1, -0.05) is 13.8 Å². The number of anilines is 1. The highest BCUT2D eigenvalue weighted by Gasteiger charge is 2.09. The number of nitrogens with zero attached hydrogens (tertiary/aromatic N) is 2. The smallest absolute Gasteiger partial charge is 0.233 e. The van der Waals surface area contributed by atoms with Gasteiger partial charge in [0.15, 0.2) is 0 Å². The van der Waals surface area contributed by atoms with Gasteiger partial charge in [0.2, 0.25) is 5.88 Å². The maximum atomic E-state index is 6.10. The molecule has 0 spiro atoms. The standard InChI is InChI=1S/C10H16ClN3O/c1-7(2)8(11)4-13-9-5-12-6-10(14-9)15-3/h5-8H,4H2,1-3H3,(H,13,14). The molecule has 0 aliphatic rings. The third kappa shape index (κ3) is 3.91. The Hall–Kier alpha value is -1.03. The average molecular weight is 230 g/mol. The summed E-state index contributed by atoms with van der Waals surface area (Å²) in [6, 6.07) is 0. The van der Waals surface area contributed by atoms with Crippen LogP contribution >= 0.6 is 11.6 Å². The molecular formula is C10H16ClN3O. The number of hydrogen-bond acceptors (Lipinski definition) is 4. The van der Waals surface area contributed by atoms with Gasteiger partial charge in [0.05, 0.1) is 24.9 Å². The number of aromatic nitrogens is 2. The Labute approximate surface area is 95.0 Å². The molecule has 1 aromatic rings. The normalized spacial score (nSPS) is 12.6. The first-order valence-electron chi connectivity index (χ1n) is 4.87. The Morgan fingerprint density at radius 1 is 1.47 bits per heavy atom. The molecule has 0 aliphatic heterocycles. The fourth-order valence-corrected chi connectivity index (χ4v) is 1.05. The summed E-state index contributed by atoms with van der Waals surface area (Å²) in [6.07, 6.45) is 3.21. The number of rotatable bonds is 5. The summed E-state index contributed by atoms with van der Waals surface area (Å²) < 4.78 is 4.96. The van der Waals surface area contributed by atoms with E-state index in [1.54, 1.807) is 19.5 Å². The third-order valence-electron chi connectivity index (χ3n) is 2.02. The van der Waals surface area contributed by atoms with E-state index < -0.39 is 0 Å². The van der Waals surface area contributed by atoms with E-state index in [1.165, 1.54) is 0 Å². The Bertz CT molecular complexity index is 306. The van der Waals surface area contributed by atoms with Gasteiger partial charge in [0.25, 0.3) is 0 Å². The molecule has 1 rings (SSSR count). The molecule has 1 unspecified atom stereocenters. The summed E-state index contributed by atoms with van der Waals surface area (Å²) in [5, 5.41) is 3.20. The van der Waals surface area contributed by atoms with Gasteiger partial charge in [-0.05, 0) is 5.92 Å². The summed E-state index contributed by atoms with van der Waals surface area (Å²) >= 11 is 6.10. The van der Waals surface area contributed by atoms with Gasteiger partial charge >= 0.3 is 0 Å². The third-order valence-corrected chi connectivity index (χ3v) is 2.68. The van der Waals surface area contributed by atoms with Crippen molar-refractivity contribution < 1.29 is 4.74 Å². The van der Waals surface area contributed by atoms with Crippen molar-refractivity contribution >= 4 is 17.4 Å². The fourth-order valence-electron chi connectivity index (χ4n) is 0.969. The van der Waals surface area contributed by atoms with E-state index in [2.05, 4.69) is 29.1 Å². The molecule has 84 valence electrons. The second-order valence-corrected chi connectivity index (χ2v) is 4.15. The summed E-state index contributed by atoms with van der Waals surface area (Å²) in [5.74, 6) is 1.61. The number of halogens is 1. The number of alkyl halides is 1. The van der Waals surface area contributed by atoms with Gasteiger partial charge in [-0.2, -0.15) is 4.98 Å². The van der Waals surface area contributed by atoms with Crippen molar-refractivity contribution in [2.24, 2.45) is 5.92 Å². The lowest BCUT2D eigenvalue weighted by molar-refractivity contribution is 0.396. The maximum absolute atomic E-state index is 6.10. The van der Waals surface area contributed by atoms with E-state index in [0.29, 0.717) is 24.2 Å². The summed E-state index contributed by atoms with van der Waals surface area (Å²) in [5.41, 5.74) is 0. The van der Waals surface area contributed by atoms with E-state index >= 15 is 0 Å². The second kappa shape index (κ2) is 5.75. The van der Waals surface area contributed by atoms with Crippen LogP contribution in [0.3, 0.4) is 0 Å². The highest BCUT2D eigenvalue weighted by Crippen LogP contribution is 2.12. The fraction of sp³-hybridized carbons (Fsp3) is 0.600. The van der Waals surface area contributed by atoms with Crippen molar-refractivity contribution in [1.82, 2.24) is 9.97 Å². The van der Waals surface area contributed by atoms with Crippen LogP contribution in [0.15, 0.2) is 12.4 Å². The quantitative estimate of drug-likeness (QED) is 0.787. The predicted molar refractivity (Wildman–Crippen MR) is 61.6 cm³/mol. The monoisotopic (exact) mass is 229 g/mol. The number of hydrogen-bond donors (Lipinski definition) is 1. The largest absolute Gasteiger partial charge is 0.480 e. The Morgan fingerprint density at radius 2 is 2.20 bits per heavy atom. The van der Waals surface area contributed by atoms with Crippen molar-refractivity contribution in [1.29, 1.82) is 0 Å². The first kappa shape index (κ1) is 12.0. The van der Waals surface area contributed by atoms with Crippen LogP contribution in [0.1, 0.15) is 13.8 Å². The van der Waals surface area contributed by atoms with Crippen molar-refractivity contribution in [2.45, 2.75) is 19.2 Å². The minimum absolute atomic E-state index is 0.0815. The second-order valence-electron chi connectivity index (χ2n) is 3.59. The van der Waals surface area contributed by atoms with Crippen LogP contribution in [-0.2, 0) is 0 Å². The van der Waals surface area contributed by atoms with Crippen molar-refractivity contribution in [3.8, 4) is 5.88 Å². The predicted octanol–water partition coefficient (Wildman–Crippen LogP) is 2.16. The molecule has 0 bridgehead atoms. The lowest BCUT2D eigenvalue weighted by Gasteiger charge is -2.14. The highest BCUT2D eigenvalue weighted by atomic mass is 35.5. The Balaban J connectivity index is 2.50. The molecule has 4 nitrogen and oxygen atoms in total. The van der Waals surface area contributed by atoms with E-state index in [9.17, 15) is 0 Å². The molecule has 0 fully saturated rings. The van der Waals surface area contributed by atoms with Crippen LogP contribution in [-0.4, -0.2) is 29.0 Å². The zero-order valence-corrected chi connectivity index (χ0v) is 9.95. The molecule has 5 heteroatoms. The average Bonchev–Trinajstić information content (AvgIpc) is 2.26. The van der Waals surface area contributed by atoms with Gasteiger partial charge in [0, 0.05) is 6.54 Å². The van der Waals surface area contributed by atoms with Gasteiger partial charge in [-0.25, -0.2) is 0 Å². The van der Waals surface area contributed by atoms with Crippen LogP contribution in [0.2, 0.25) is 0 Å². The van der Waals surface area contributed by atoms with Gasteiger partial charge in [-0.15, -0.1) is 11.6 Å². The zero-order chi connectivity index (χ0) is 11.3. The highest BCUT2D eigenvalue weighted by molar-refractivity contribution is 6.21. The zero-order valence-electron chi connectivity index (χ0n) is 9.20. The molecule has 1 atom stereocenters. The molecule has 0 saturated heterocycles. The van der Waals surface area contributed by atoms with Gasteiger partial charge in [-0.3, -0.25) is 4.98 Å². The molecule has 1 N–H and O–H groups in total. The molecule has 1 aromatic heterocycles. The SMILES string of the molecule is COc1cncc(NCC(Cl)C(C)C)n1. The van der Waals surface area contributed by atoms with Crippen molar-refractivity contribution in [3.63, 3.8) is 0 Å². The molecule has 0 amide bonds. The number of methoxy groups -OCH3 is 1. The van der Waals surface area contributed by atoms with Crippen LogP contribution in [0, 0.1) is 5.92 Å². The van der Waals surface area contributed by atoms with E-state index in [1.807, 2.05) is 0 Å². The number of nitrogens with one attached hydrogen (secondary N) is 1. The van der Waals surface area contributed by atoms with E-state index in [0.717, 1.165) is 0 Å². The Morgan fingerprint density at radius 3 is 2.80 bits per heavy atom. The van der Waals surface area contributed by atoms with E-state index in [-0.39, 0.29) is 5.38 Å². The minimum Gasteiger partial charge on any atom is -0.480 e. The van der Waals surface area contributed by atoms with E-state index in [4.69, 9.17) is 16.3 Å². The maximum Gasteiger partial charge on any atom is 0.233 e. The molecule has 0 aromatic carbocycles. The molecule has 0 saturated carbocycles. The molecule has 15 heavy (non-hydrogen) atoms. The molecule has 0 radical (unpaired) electrons. The number of ether oxygens (including phenoxy) is 1. The summed E-state index contributed by atoms with van der Waals surface area (Å²) in [7, 11) is 1.56. The van der Waals surface area contributed by atoms with Crippen LogP contribution in [0.4, 0.5) is 5.82 Å². The van der Waals surface area contributed by atoms with Crippen molar-refractivity contribution in [2.75, 3.05) is 19.0 Å². The van der Waals surface area contributed by atoms with Gasteiger partial charge < -0.3 is 10.1 Å².